The van der Waals surface area contributed by atoms with Gasteiger partial charge in [-0.1, -0.05) is 15.9 Å². The minimum atomic E-state index is 0.289. The maximum absolute atomic E-state index is 8.97. The predicted octanol–water partition coefficient (Wildman–Crippen LogP) is 2.65. The van der Waals surface area contributed by atoms with Crippen LogP contribution in [0.4, 0.5) is 5.69 Å². The second-order valence-corrected chi connectivity index (χ2v) is 5.79. The van der Waals surface area contributed by atoms with Crippen LogP contribution in [-0.2, 0) is 6.54 Å². The van der Waals surface area contributed by atoms with Crippen molar-refractivity contribution < 1.29 is 5.11 Å². The molecule has 1 aliphatic rings. The molecule has 0 saturated carbocycles. The minimum Gasteiger partial charge on any atom is -0.396 e. The number of hydrogen-bond donors (Lipinski definition) is 2. The molecule has 1 saturated heterocycles. The third-order valence-electron chi connectivity index (χ3n) is 3.58. The molecule has 18 heavy (non-hydrogen) atoms. The van der Waals surface area contributed by atoms with Crippen LogP contribution in [0.1, 0.15) is 31.2 Å². The SMILES string of the molecule is NCc1cc(Br)cc(N2CCCC2CCCO)c1. The molecule has 1 unspecified atom stereocenters. The van der Waals surface area contributed by atoms with Crippen molar-refractivity contribution in [1.29, 1.82) is 0 Å². The van der Waals surface area contributed by atoms with Gasteiger partial charge < -0.3 is 15.7 Å². The summed E-state index contributed by atoms with van der Waals surface area (Å²) in [6, 6.07) is 6.98. The zero-order valence-electron chi connectivity index (χ0n) is 10.6. The summed E-state index contributed by atoms with van der Waals surface area (Å²) in [5.74, 6) is 0. The summed E-state index contributed by atoms with van der Waals surface area (Å²) < 4.78 is 1.09. The van der Waals surface area contributed by atoms with Crippen molar-refractivity contribution in [3.63, 3.8) is 0 Å². The Morgan fingerprint density at radius 2 is 2.22 bits per heavy atom. The van der Waals surface area contributed by atoms with Gasteiger partial charge in [-0.2, -0.15) is 0 Å². The van der Waals surface area contributed by atoms with E-state index < -0.39 is 0 Å². The lowest BCUT2D eigenvalue weighted by Gasteiger charge is -2.27. The molecule has 0 bridgehead atoms. The highest BCUT2D eigenvalue weighted by molar-refractivity contribution is 9.10. The molecule has 3 N–H and O–H groups in total. The maximum atomic E-state index is 8.97. The van der Waals surface area contributed by atoms with Gasteiger partial charge in [0, 0.05) is 35.9 Å². The molecule has 0 amide bonds. The maximum Gasteiger partial charge on any atom is 0.0431 e. The van der Waals surface area contributed by atoms with Crippen LogP contribution in [0.5, 0.6) is 0 Å². The van der Waals surface area contributed by atoms with E-state index in [4.69, 9.17) is 10.8 Å². The first kappa shape index (κ1) is 13.8. The Morgan fingerprint density at radius 3 is 2.94 bits per heavy atom. The fraction of sp³-hybridized carbons (Fsp3) is 0.571. The van der Waals surface area contributed by atoms with Crippen LogP contribution in [0.3, 0.4) is 0 Å². The third kappa shape index (κ3) is 3.25. The lowest BCUT2D eigenvalue weighted by atomic mass is 10.1. The van der Waals surface area contributed by atoms with Crippen molar-refractivity contribution in [2.45, 2.75) is 38.3 Å². The van der Waals surface area contributed by atoms with E-state index in [1.807, 2.05) is 0 Å². The molecule has 0 aliphatic carbocycles. The van der Waals surface area contributed by atoms with Crippen molar-refractivity contribution in [2.75, 3.05) is 18.1 Å². The summed E-state index contributed by atoms with van der Waals surface area (Å²) in [5, 5.41) is 8.97. The predicted molar refractivity (Wildman–Crippen MR) is 78.7 cm³/mol. The average molecular weight is 313 g/mol. The molecule has 4 heteroatoms. The summed E-state index contributed by atoms with van der Waals surface area (Å²) in [6.07, 6.45) is 4.42. The van der Waals surface area contributed by atoms with E-state index in [1.165, 1.54) is 18.5 Å². The topological polar surface area (TPSA) is 49.5 Å². The average Bonchev–Trinajstić information content (AvgIpc) is 2.83. The van der Waals surface area contributed by atoms with Crippen molar-refractivity contribution in [2.24, 2.45) is 5.73 Å². The number of rotatable bonds is 5. The molecular weight excluding hydrogens is 292 g/mol. The van der Waals surface area contributed by atoms with E-state index in [1.54, 1.807) is 0 Å². The highest BCUT2D eigenvalue weighted by atomic mass is 79.9. The van der Waals surface area contributed by atoms with Crippen LogP contribution in [0.2, 0.25) is 0 Å². The van der Waals surface area contributed by atoms with Gasteiger partial charge in [-0.15, -0.1) is 0 Å². The molecule has 1 aromatic carbocycles. The Bertz CT molecular complexity index is 397. The second-order valence-electron chi connectivity index (χ2n) is 4.88. The molecule has 1 heterocycles. The monoisotopic (exact) mass is 312 g/mol. The van der Waals surface area contributed by atoms with Crippen molar-refractivity contribution >= 4 is 21.6 Å². The number of hydrogen-bond acceptors (Lipinski definition) is 3. The molecule has 0 radical (unpaired) electrons. The van der Waals surface area contributed by atoms with Gasteiger partial charge in [-0.3, -0.25) is 0 Å². The smallest absolute Gasteiger partial charge is 0.0431 e. The van der Waals surface area contributed by atoms with Gasteiger partial charge in [0.25, 0.3) is 0 Å². The Kier molecular flexibility index (Phi) is 5.03. The molecular formula is C14H21BrN2O. The fourth-order valence-electron chi connectivity index (χ4n) is 2.72. The second kappa shape index (κ2) is 6.55. The molecule has 2 rings (SSSR count). The van der Waals surface area contributed by atoms with E-state index in [2.05, 4.69) is 39.0 Å². The van der Waals surface area contributed by atoms with Gasteiger partial charge in [0.15, 0.2) is 0 Å². The number of aliphatic hydroxyl groups is 1. The zero-order chi connectivity index (χ0) is 13.0. The Morgan fingerprint density at radius 1 is 1.39 bits per heavy atom. The van der Waals surface area contributed by atoms with Crippen LogP contribution < -0.4 is 10.6 Å². The first-order valence-corrected chi connectivity index (χ1v) is 7.41. The normalized spacial score (nSPS) is 19.5. The van der Waals surface area contributed by atoms with Crippen molar-refractivity contribution in [3.05, 3.63) is 28.2 Å². The van der Waals surface area contributed by atoms with Crippen LogP contribution >= 0.6 is 15.9 Å². The van der Waals surface area contributed by atoms with E-state index in [0.29, 0.717) is 12.6 Å². The third-order valence-corrected chi connectivity index (χ3v) is 4.04. The number of benzene rings is 1. The lowest BCUT2D eigenvalue weighted by Crippen LogP contribution is -2.29. The largest absolute Gasteiger partial charge is 0.396 e. The summed E-state index contributed by atoms with van der Waals surface area (Å²) in [7, 11) is 0. The number of nitrogens with zero attached hydrogens (tertiary/aromatic N) is 1. The Balaban J connectivity index is 2.16. The standard InChI is InChI=1S/C14H21BrN2O/c15-12-7-11(10-16)8-14(9-12)17-5-1-3-13(17)4-2-6-18/h7-9,13,18H,1-6,10,16H2. The molecule has 1 aromatic rings. The number of aliphatic hydroxyl groups excluding tert-OH is 1. The van der Waals surface area contributed by atoms with Gasteiger partial charge in [-0.25, -0.2) is 0 Å². The highest BCUT2D eigenvalue weighted by Gasteiger charge is 2.24. The van der Waals surface area contributed by atoms with Gasteiger partial charge >= 0.3 is 0 Å². The molecule has 3 nitrogen and oxygen atoms in total. The molecule has 0 aromatic heterocycles. The van der Waals surface area contributed by atoms with Crippen molar-refractivity contribution in [1.82, 2.24) is 0 Å². The summed E-state index contributed by atoms with van der Waals surface area (Å²) in [5.41, 5.74) is 8.14. The van der Waals surface area contributed by atoms with Gasteiger partial charge in [0.1, 0.15) is 0 Å². The summed E-state index contributed by atoms with van der Waals surface area (Å²) in [4.78, 5) is 2.46. The molecule has 1 aliphatic heterocycles. The van der Waals surface area contributed by atoms with Crippen molar-refractivity contribution in [3.8, 4) is 0 Å². The van der Waals surface area contributed by atoms with Crippen LogP contribution in [-0.4, -0.2) is 24.3 Å². The van der Waals surface area contributed by atoms with Gasteiger partial charge in [0.05, 0.1) is 0 Å². The summed E-state index contributed by atoms with van der Waals surface area (Å²) in [6.45, 7) is 1.97. The fourth-order valence-corrected chi connectivity index (χ4v) is 3.25. The van der Waals surface area contributed by atoms with E-state index in [-0.39, 0.29) is 6.61 Å². The van der Waals surface area contributed by atoms with E-state index in [0.717, 1.165) is 29.4 Å². The summed E-state index contributed by atoms with van der Waals surface area (Å²) >= 11 is 3.55. The van der Waals surface area contributed by atoms with Gasteiger partial charge in [-0.05, 0) is 49.4 Å². The molecule has 100 valence electrons. The number of halogens is 1. The molecule has 1 fully saturated rings. The minimum absolute atomic E-state index is 0.289. The zero-order valence-corrected chi connectivity index (χ0v) is 12.2. The quantitative estimate of drug-likeness (QED) is 0.878. The van der Waals surface area contributed by atoms with Crippen LogP contribution in [0.15, 0.2) is 22.7 Å². The Labute approximate surface area is 117 Å². The van der Waals surface area contributed by atoms with Crippen LogP contribution in [0, 0.1) is 0 Å². The number of anilines is 1. The molecule has 1 atom stereocenters. The first-order valence-electron chi connectivity index (χ1n) is 6.61. The molecule has 0 spiro atoms. The first-order chi connectivity index (χ1) is 8.74. The lowest BCUT2D eigenvalue weighted by molar-refractivity contribution is 0.279. The highest BCUT2D eigenvalue weighted by Crippen LogP contribution is 2.30. The van der Waals surface area contributed by atoms with Gasteiger partial charge in [0.2, 0.25) is 0 Å². The Hall–Kier alpha value is -0.580. The number of nitrogens with two attached hydrogens (primary N) is 1. The van der Waals surface area contributed by atoms with E-state index in [9.17, 15) is 0 Å². The van der Waals surface area contributed by atoms with Crippen LogP contribution in [0.25, 0.3) is 0 Å². The van der Waals surface area contributed by atoms with E-state index >= 15 is 0 Å².